The highest BCUT2D eigenvalue weighted by molar-refractivity contribution is 7.80. The Bertz CT molecular complexity index is 801. The summed E-state index contributed by atoms with van der Waals surface area (Å²) in [4.78, 5) is 12.2. The Morgan fingerprint density at radius 2 is 1.69 bits per heavy atom. The molecule has 0 heterocycles. The van der Waals surface area contributed by atoms with Crippen molar-refractivity contribution in [2.24, 2.45) is 0 Å². The number of carbonyl (C=O) groups excluding carboxylic acids is 1. The van der Waals surface area contributed by atoms with Gasteiger partial charge in [-0.3, -0.25) is 10.1 Å². The lowest BCUT2D eigenvalue weighted by molar-refractivity contribution is 0.0977. The van der Waals surface area contributed by atoms with Crippen molar-refractivity contribution in [2.45, 2.75) is 0 Å². The highest BCUT2D eigenvalue weighted by Gasteiger charge is 2.11. The van der Waals surface area contributed by atoms with Crippen LogP contribution in [0.4, 0.5) is 5.69 Å². The van der Waals surface area contributed by atoms with Gasteiger partial charge in [-0.2, -0.15) is 0 Å². The number of hydrogen-bond acceptors (Lipinski definition) is 4. The molecule has 5 nitrogen and oxygen atoms in total. The molecule has 0 bridgehead atoms. The normalized spacial score (nSPS) is 10.3. The van der Waals surface area contributed by atoms with Crippen molar-refractivity contribution >= 4 is 63.7 Å². The summed E-state index contributed by atoms with van der Waals surface area (Å²) in [6.07, 6.45) is 0. The second-order valence-corrected chi connectivity index (χ2v) is 6.65. The Morgan fingerprint density at radius 1 is 1.04 bits per heavy atom. The first kappa shape index (κ1) is 20.7. The zero-order valence-electron chi connectivity index (χ0n) is 13.6. The fraction of sp³-hybridized carbons (Fsp3) is 0.176. The molecule has 2 aromatic carbocycles. The van der Waals surface area contributed by atoms with Gasteiger partial charge in [-0.15, -0.1) is 0 Å². The number of amides is 1. The van der Waals surface area contributed by atoms with Gasteiger partial charge >= 0.3 is 0 Å². The average Bonchev–Trinajstić information content (AvgIpc) is 2.60. The summed E-state index contributed by atoms with van der Waals surface area (Å²) in [7, 11) is 1.60. The fourth-order valence-electron chi connectivity index (χ4n) is 1.89. The van der Waals surface area contributed by atoms with Crippen molar-refractivity contribution < 1.29 is 14.3 Å². The molecule has 0 radical (unpaired) electrons. The van der Waals surface area contributed by atoms with Crippen molar-refractivity contribution in [1.82, 2.24) is 5.32 Å². The number of methoxy groups -OCH3 is 1. The second-order valence-electron chi connectivity index (χ2n) is 5.02. The topological polar surface area (TPSA) is 59.6 Å². The van der Waals surface area contributed by atoms with Crippen LogP contribution in [0.2, 0.25) is 15.1 Å². The van der Waals surface area contributed by atoms with E-state index in [0.29, 0.717) is 45.3 Å². The molecule has 0 aliphatic heterocycles. The summed E-state index contributed by atoms with van der Waals surface area (Å²) < 4.78 is 10.3. The van der Waals surface area contributed by atoms with E-state index < -0.39 is 0 Å². The average molecular weight is 434 g/mol. The smallest absolute Gasteiger partial charge is 0.257 e. The first-order valence-electron chi connectivity index (χ1n) is 7.39. The van der Waals surface area contributed by atoms with Crippen LogP contribution in [0.5, 0.6) is 5.75 Å². The standard InChI is InChI=1S/C17H15Cl3N2O3S/c1-24-6-7-25-11-4-2-10(3-5-11)16(23)22-17(26)21-15-9-13(19)12(18)8-14(15)20/h2-5,8-9H,6-7H2,1H3,(H2,21,22,23,26). The summed E-state index contributed by atoms with van der Waals surface area (Å²) in [5.41, 5.74) is 0.863. The Kier molecular flexibility index (Phi) is 7.93. The molecule has 26 heavy (non-hydrogen) atoms. The Morgan fingerprint density at radius 3 is 2.35 bits per heavy atom. The van der Waals surface area contributed by atoms with Gasteiger partial charge in [0.05, 0.1) is 27.4 Å². The van der Waals surface area contributed by atoms with Crippen molar-refractivity contribution in [3.05, 3.63) is 57.0 Å². The molecule has 138 valence electrons. The molecule has 9 heteroatoms. The molecule has 0 aliphatic carbocycles. The number of halogens is 3. The van der Waals surface area contributed by atoms with Gasteiger partial charge in [0.1, 0.15) is 12.4 Å². The number of ether oxygens (including phenoxy) is 2. The predicted octanol–water partition coefficient (Wildman–Crippen LogP) is 4.80. The number of benzene rings is 2. The van der Waals surface area contributed by atoms with Crippen molar-refractivity contribution in [2.75, 3.05) is 25.6 Å². The van der Waals surface area contributed by atoms with Crippen LogP contribution in [0.15, 0.2) is 36.4 Å². The third kappa shape index (κ3) is 6.00. The van der Waals surface area contributed by atoms with Gasteiger partial charge < -0.3 is 14.8 Å². The number of thiocarbonyl (C=S) groups is 1. The molecule has 0 aliphatic rings. The maximum absolute atomic E-state index is 12.2. The molecular weight excluding hydrogens is 419 g/mol. The van der Waals surface area contributed by atoms with Crippen LogP contribution in [0.25, 0.3) is 0 Å². The minimum Gasteiger partial charge on any atom is -0.491 e. The minimum absolute atomic E-state index is 0.0794. The third-order valence-corrected chi connectivity index (χ3v) is 4.40. The lowest BCUT2D eigenvalue weighted by Crippen LogP contribution is -2.34. The lowest BCUT2D eigenvalue weighted by atomic mass is 10.2. The van der Waals surface area contributed by atoms with Crippen LogP contribution in [0.3, 0.4) is 0 Å². The first-order chi connectivity index (χ1) is 12.4. The molecule has 1 amide bonds. The van der Waals surface area contributed by atoms with E-state index >= 15 is 0 Å². The van der Waals surface area contributed by atoms with Crippen LogP contribution in [-0.2, 0) is 4.74 Å². The van der Waals surface area contributed by atoms with Gasteiger partial charge in [0.25, 0.3) is 5.91 Å². The van der Waals surface area contributed by atoms with Gasteiger partial charge in [-0.1, -0.05) is 34.8 Å². The summed E-state index contributed by atoms with van der Waals surface area (Å²) in [5.74, 6) is 0.268. The van der Waals surface area contributed by atoms with Crippen LogP contribution in [0.1, 0.15) is 10.4 Å². The van der Waals surface area contributed by atoms with Crippen molar-refractivity contribution in [1.29, 1.82) is 0 Å². The summed E-state index contributed by atoms with van der Waals surface area (Å²) in [6.45, 7) is 0.917. The van der Waals surface area contributed by atoms with Gasteiger partial charge in [0.2, 0.25) is 0 Å². The lowest BCUT2D eigenvalue weighted by Gasteiger charge is -2.12. The zero-order chi connectivity index (χ0) is 19.1. The Hall–Kier alpha value is -1.57. The molecule has 0 unspecified atom stereocenters. The Labute approximate surface area is 171 Å². The van der Waals surface area contributed by atoms with Gasteiger partial charge in [0.15, 0.2) is 5.11 Å². The number of rotatable bonds is 6. The van der Waals surface area contributed by atoms with E-state index in [-0.39, 0.29) is 11.0 Å². The molecule has 0 aromatic heterocycles. The van der Waals surface area contributed by atoms with E-state index in [1.54, 1.807) is 31.4 Å². The second kappa shape index (κ2) is 9.94. The maximum Gasteiger partial charge on any atom is 0.257 e. The van der Waals surface area contributed by atoms with E-state index in [1.165, 1.54) is 12.1 Å². The molecule has 0 saturated carbocycles. The third-order valence-electron chi connectivity index (χ3n) is 3.16. The van der Waals surface area contributed by atoms with Crippen LogP contribution >= 0.6 is 47.0 Å². The van der Waals surface area contributed by atoms with Crippen molar-refractivity contribution in [3.8, 4) is 5.75 Å². The molecular formula is C17H15Cl3N2O3S. The SMILES string of the molecule is COCCOc1ccc(C(=O)NC(=S)Nc2cc(Cl)c(Cl)cc2Cl)cc1. The highest BCUT2D eigenvalue weighted by atomic mass is 35.5. The van der Waals surface area contributed by atoms with Crippen LogP contribution in [-0.4, -0.2) is 31.3 Å². The summed E-state index contributed by atoms with van der Waals surface area (Å²) >= 11 is 23.0. The molecule has 0 spiro atoms. The quantitative estimate of drug-likeness (QED) is 0.389. The molecule has 2 rings (SSSR count). The van der Waals surface area contributed by atoms with Crippen LogP contribution < -0.4 is 15.4 Å². The van der Waals surface area contributed by atoms with E-state index in [0.717, 1.165) is 0 Å². The van der Waals surface area contributed by atoms with E-state index in [4.69, 9.17) is 56.5 Å². The van der Waals surface area contributed by atoms with Gasteiger partial charge in [-0.05, 0) is 48.6 Å². The van der Waals surface area contributed by atoms with E-state index in [1.807, 2.05) is 0 Å². The molecule has 2 N–H and O–H groups in total. The highest BCUT2D eigenvalue weighted by Crippen LogP contribution is 2.32. The largest absolute Gasteiger partial charge is 0.491 e. The molecule has 0 atom stereocenters. The predicted molar refractivity (Wildman–Crippen MR) is 109 cm³/mol. The van der Waals surface area contributed by atoms with Crippen LogP contribution in [0, 0.1) is 0 Å². The minimum atomic E-state index is -0.373. The number of hydrogen-bond donors (Lipinski definition) is 2. The van der Waals surface area contributed by atoms with Crippen molar-refractivity contribution in [3.63, 3.8) is 0 Å². The number of carbonyl (C=O) groups is 1. The fourth-order valence-corrected chi connectivity index (χ4v) is 2.69. The summed E-state index contributed by atoms with van der Waals surface area (Å²) in [6, 6.07) is 9.66. The monoisotopic (exact) mass is 432 g/mol. The number of nitrogens with one attached hydrogen (secondary N) is 2. The summed E-state index contributed by atoms with van der Waals surface area (Å²) in [5, 5.41) is 6.42. The van der Waals surface area contributed by atoms with E-state index in [2.05, 4.69) is 10.6 Å². The Balaban J connectivity index is 1.94. The first-order valence-corrected chi connectivity index (χ1v) is 8.93. The zero-order valence-corrected chi connectivity index (χ0v) is 16.7. The van der Waals surface area contributed by atoms with Gasteiger partial charge in [0, 0.05) is 12.7 Å². The maximum atomic E-state index is 12.2. The molecule has 0 saturated heterocycles. The molecule has 0 fully saturated rings. The van der Waals surface area contributed by atoms with Gasteiger partial charge in [-0.25, -0.2) is 0 Å². The van der Waals surface area contributed by atoms with E-state index in [9.17, 15) is 4.79 Å². The molecule has 2 aromatic rings. The number of anilines is 1.